The molecule has 2 aromatic heterocycles. The number of aromatic nitrogens is 3. The molecule has 4 aromatic carbocycles. The zero-order valence-corrected chi connectivity index (χ0v) is 23.9. The molecule has 40 heavy (non-hydrogen) atoms. The molecule has 0 saturated carbocycles. The highest BCUT2D eigenvalue weighted by Gasteiger charge is 2.17. The second-order valence-electron chi connectivity index (χ2n) is 10.7. The van der Waals surface area contributed by atoms with Gasteiger partial charge in [-0.3, -0.25) is 4.57 Å². The van der Waals surface area contributed by atoms with Crippen LogP contribution in [0.1, 0.15) is 49.8 Å². The summed E-state index contributed by atoms with van der Waals surface area (Å²) in [5, 5.41) is 2.47. The van der Waals surface area contributed by atoms with Crippen LogP contribution in [-0.2, 0) is 11.3 Å². The van der Waals surface area contributed by atoms with Gasteiger partial charge in [0.05, 0.1) is 29.4 Å². The summed E-state index contributed by atoms with van der Waals surface area (Å²) in [5.74, 6) is 0.947. The van der Waals surface area contributed by atoms with Crippen molar-refractivity contribution in [1.82, 2.24) is 14.1 Å². The van der Waals surface area contributed by atoms with Gasteiger partial charge in [0.2, 0.25) is 0 Å². The van der Waals surface area contributed by atoms with Gasteiger partial charge in [0.1, 0.15) is 5.82 Å². The van der Waals surface area contributed by atoms with E-state index in [1.54, 1.807) is 0 Å². The molecule has 1 unspecified atom stereocenters. The molecule has 0 aliphatic rings. The lowest BCUT2D eigenvalue weighted by Crippen LogP contribution is -2.11. The standard InChI is InChI=1S/C36H37N3O/c1-5-12-30(6-2)40-24-27-21-25(3)35(26(4)22-27)38-20-19-37-36(38)28-17-18-34-32(23-28)31-15-10-11-16-33(31)39(34)29-13-8-7-9-14-29/h7-11,13-23,30H,5-6,12,24H2,1-4H3. The summed E-state index contributed by atoms with van der Waals surface area (Å²) in [4.78, 5) is 4.84. The smallest absolute Gasteiger partial charge is 0.144 e. The minimum absolute atomic E-state index is 0.327. The number of rotatable bonds is 9. The Hall–Kier alpha value is -4.15. The minimum Gasteiger partial charge on any atom is -0.374 e. The van der Waals surface area contributed by atoms with Crippen molar-refractivity contribution in [1.29, 1.82) is 0 Å². The van der Waals surface area contributed by atoms with E-state index in [-0.39, 0.29) is 0 Å². The predicted molar refractivity (Wildman–Crippen MR) is 167 cm³/mol. The van der Waals surface area contributed by atoms with E-state index >= 15 is 0 Å². The number of benzene rings is 4. The van der Waals surface area contributed by atoms with Crippen LogP contribution in [0.25, 0.3) is 44.6 Å². The number of ether oxygens (including phenoxy) is 1. The third-order valence-electron chi connectivity index (χ3n) is 7.93. The molecule has 0 spiro atoms. The first kappa shape index (κ1) is 26.1. The van der Waals surface area contributed by atoms with Crippen LogP contribution in [0.15, 0.2) is 97.3 Å². The normalized spacial score (nSPS) is 12.4. The van der Waals surface area contributed by atoms with E-state index in [4.69, 9.17) is 9.72 Å². The first-order valence-electron chi connectivity index (χ1n) is 14.4. The monoisotopic (exact) mass is 527 g/mol. The van der Waals surface area contributed by atoms with Gasteiger partial charge in [-0.25, -0.2) is 4.98 Å². The van der Waals surface area contributed by atoms with E-state index < -0.39 is 0 Å². The largest absolute Gasteiger partial charge is 0.374 e. The summed E-state index contributed by atoms with van der Waals surface area (Å²) in [6.07, 6.45) is 7.62. The topological polar surface area (TPSA) is 32.0 Å². The van der Waals surface area contributed by atoms with Gasteiger partial charge in [0.25, 0.3) is 0 Å². The lowest BCUT2D eigenvalue weighted by atomic mass is 10.0. The van der Waals surface area contributed by atoms with Crippen molar-refractivity contribution < 1.29 is 4.74 Å². The summed E-state index contributed by atoms with van der Waals surface area (Å²) in [6.45, 7) is 9.46. The highest BCUT2D eigenvalue weighted by Crippen LogP contribution is 2.35. The van der Waals surface area contributed by atoms with Gasteiger partial charge in [-0.15, -0.1) is 0 Å². The Morgan fingerprint density at radius 3 is 2.27 bits per heavy atom. The number of para-hydroxylation sites is 2. The summed E-state index contributed by atoms with van der Waals surface area (Å²) in [5.41, 5.74) is 9.53. The SMILES string of the molecule is CCCC(CC)OCc1cc(C)c(-n2ccnc2-c2ccc3c(c2)c2ccccc2n3-c2ccccc2)c(C)c1. The fraction of sp³-hybridized carbons (Fsp3) is 0.250. The highest BCUT2D eigenvalue weighted by atomic mass is 16.5. The highest BCUT2D eigenvalue weighted by molar-refractivity contribution is 6.10. The molecule has 6 aromatic rings. The van der Waals surface area contributed by atoms with Crippen LogP contribution in [0.3, 0.4) is 0 Å². The van der Waals surface area contributed by atoms with Crippen LogP contribution in [0.4, 0.5) is 0 Å². The fourth-order valence-corrected chi connectivity index (χ4v) is 6.11. The Labute approximate surface area is 236 Å². The van der Waals surface area contributed by atoms with Crippen LogP contribution >= 0.6 is 0 Å². The Balaban J connectivity index is 1.40. The van der Waals surface area contributed by atoms with Crippen LogP contribution in [-0.4, -0.2) is 20.2 Å². The van der Waals surface area contributed by atoms with Crippen molar-refractivity contribution in [2.45, 2.75) is 59.7 Å². The van der Waals surface area contributed by atoms with E-state index in [0.29, 0.717) is 12.7 Å². The maximum absolute atomic E-state index is 6.24. The average molecular weight is 528 g/mol. The van der Waals surface area contributed by atoms with Crippen molar-refractivity contribution in [2.75, 3.05) is 0 Å². The van der Waals surface area contributed by atoms with Gasteiger partial charge in [-0.05, 0) is 79.8 Å². The molecule has 0 saturated heterocycles. The molecule has 202 valence electrons. The number of hydrogen-bond donors (Lipinski definition) is 0. The van der Waals surface area contributed by atoms with Gasteiger partial charge in [0, 0.05) is 34.4 Å². The molecular formula is C36H37N3O. The first-order valence-corrected chi connectivity index (χ1v) is 14.4. The van der Waals surface area contributed by atoms with E-state index in [2.05, 4.69) is 128 Å². The Morgan fingerprint density at radius 2 is 1.52 bits per heavy atom. The number of aryl methyl sites for hydroxylation is 2. The van der Waals surface area contributed by atoms with Crippen LogP contribution < -0.4 is 0 Å². The number of nitrogens with zero attached hydrogens (tertiary/aromatic N) is 3. The molecule has 0 aliphatic carbocycles. The quantitative estimate of drug-likeness (QED) is 0.188. The average Bonchev–Trinajstić information content (AvgIpc) is 3.58. The summed E-state index contributed by atoms with van der Waals surface area (Å²) < 4.78 is 10.8. The third-order valence-corrected chi connectivity index (χ3v) is 7.93. The Bertz CT molecular complexity index is 1750. The van der Waals surface area contributed by atoms with E-state index in [1.807, 2.05) is 6.20 Å². The molecule has 0 aliphatic heterocycles. The predicted octanol–water partition coefficient (Wildman–Crippen LogP) is 9.35. The van der Waals surface area contributed by atoms with E-state index in [1.165, 1.54) is 49.9 Å². The molecule has 6 rings (SSSR count). The maximum Gasteiger partial charge on any atom is 0.144 e. The van der Waals surface area contributed by atoms with Crippen molar-refractivity contribution >= 4 is 21.8 Å². The zero-order valence-electron chi connectivity index (χ0n) is 23.9. The molecule has 4 nitrogen and oxygen atoms in total. The van der Waals surface area contributed by atoms with Crippen LogP contribution in [0.2, 0.25) is 0 Å². The molecular weight excluding hydrogens is 490 g/mol. The van der Waals surface area contributed by atoms with Crippen LogP contribution in [0, 0.1) is 13.8 Å². The molecule has 4 heteroatoms. The molecule has 0 radical (unpaired) electrons. The number of fused-ring (bicyclic) bond motifs is 3. The van der Waals surface area contributed by atoms with Crippen molar-refractivity contribution in [3.63, 3.8) is 0 Å². The fourth-order valence-electron chi connectivity index (χ4n) is 6.11. The first-order chi connectivity index (χ1) is 19.6. The van der Waals surface area contributed by atoms with Gasteiger partial charge >= 0.3 is 0 Å². The third kappa shape index (κ3) is 4.73. The lowest BCUT2D eigenvalue weighted by molar-refractivity contribution is 0.0321. The lowest BCUT2D eigenvalue weighted by Gasteiger charge is -2.18. The molecule has 2 heterocycles. The molecule has 0 bridgehead atoms. The zero-order chi connectivity index (χ0) is 27.6. The summed E-state index contributed by atoms with van der Waals surface area (Å²) in [6, 6.07) is 30.5. The van der Waals surface area contributed by atoms with Crippen molar-refractivity contribution in [3.05, 3.63) is 114 Å². The molecule has 0 N–H and O–H groups in total. The van der Waals surface area contributed by atoms with Gasteiger partial charge in [0.15, 0.2) is 0 Å². The van der Waals surface area contributed by atoms with Gasteiger partial charge in [-0.1, -0.05) is 68.8 Å². The Kier molecular flexibility index (Phi) is 7.27. The second-order valence-corrected chi connectivity index (χ2v) is 10.7. The van der Waals surface area contributed by atoms with Crippen molar-refractivity contribution in [3.8, 4) is 22.8 Å². The Morgan fingerprint density at radius 1 is 0.800 bits per heavy atom. The second kappa shape index (κ2) is 11.1. The van der Waals surface area contributed by atoms with E-state index in [0.717, 1.165) is 30.7 Å². The number of hydrogen-bond acceptors (Lipinski definition) is 2. The minimum atomic E-state index is 0.327. The molecule has 0 fully saturated rings. The maximum atomic E-state index is 6.24. The summed E-state index contributed by atoms with van der Waals surface area (Å²) >= 11 is 0. The van der Waals surface area contributed by atoms with Gasteiger partial charge in [-0.2, -0.15) is 0 Å². The molecule has 1 atom stereocenters. The molecule has 0 amide bonds. The van der Waals surface area contributed by atoms with E-state index in [9.17, 15) is 0 Å². The van der Waals surface area contributed by atoms with Crippen LogP contribution in [0.5, 0.6) is 0 Å². The summed E-state index contributed by atoms with van der Waals surface area (Å²) in [7, 11) is 0. The van der Waals surface area contributed by atoms with Crippen molar-refractivity contribution in [2.24, 2.45) is 0 Å². The van der Waals surface area contributed by atoms with Gasteiger partial charge < -0.3 is 9.30 Å². The number of imidazole rings is 1.